The lowest BCUT2D eigenvalue weighted by Crippen LogP contribution is -2.10. The van der Waals surface area contributed by atoms with Gasteiger partial charge in [0.15, 0.2) is 11.5 Å². The maximum absolute atomic E-state index is 12.5. The van der Waals surface area contributed by atoms with E-state index in [1.165, 1.54) is 7.11 Å². The predicted octanol–water partition coefficient (Wildman–Crippen LogP) is 5.75. The van der Waals surface area contributed by atoms with Crippen molar-refractivity contribution < 1.29 is 19.0 Å². The highest BCUT2D eigenvalue weighted by atomic mass is 79.9. The summed E-state index contributed by atoms with van der Waals surface area (Å²) in [5.41, 5.74) is 2.40. The molecule has 5 nitrogen and oxygen atoms in total. The number of hydrogen-bond donors (Lipinski definition) is 0. The van der Waals surface area contributed by atoms with E-state index in [2.05, 4.69) is 22.0 Å². The molecule has 0 fully saturated rings. The van der Waals surface area contributed by atoms with Crippen molar-refractivity contribution in [1.82, 2.24) is 0 Å². The summed E-state index contributed by atoms with van der Waals surface area (Å²) in [4.78, 5) is 12.5. The molecule has 3 aromatic rings. The Labute approximate surface area is 183 Å². The van der Waals surface area contributed by atoms with E-state index in [4.69, 9.17) is 14.2 Å². The lowest BCUT2D eigenvalue weighted by Gasteiger charge is -2.11. The second-order valence-corrected chi connectivity index (χ2v) is 7.03. The molecule has 30 heavy (non-hydrogen) atoms. The maximum Gasteiger partial charge on any atom is 0.344 e. The Kier molecular flexibility index (Phi) is 6.89. The Morgan fingerprint density at radius 2 is 1.70 bits per heavy atom. The molecule has 0 bridgehead atoms. The first-order valence-corrected chi connectivity index (χ1v) is 9.76. The van der Waals surface area contributed by atoms with Crippen molar-refractivity contribution in [3.05, 3.63) is 87.9 Å². The zero-order valence-electron chi connectivity index (χ0n) is 16.4. The Morgan fingerprint density at radius 1 is 0.967 bits per heavy atom. The summed E-state index contributed by atoms with van der Waals surface area (Å²) < 4.78 is 16.7. The lowest BCUT2D eigenvalue weighted by molar-refractivity contribution is 0.0728. The van der Waals surface area contributed by atoms with E-state index in [1.807, 2.05) is 18.2 Å². The SMILES string of the molecule is COc1ccc(/C(C#N)=C\c2ccc(OC(=O)c3ccccc3Br)c(OC)c2)cc1. The van der Waals surface area contributed by atoms with Gasteiger partial charge in [-0.25, -0.2) is 4.79 Å². The summed E-state index contributed by atoms with van der Waals surface area (Å²) in [6.07, 6.45) is 1.74. The van der Waals surface area contributed by atoms with E-state index < -0.39 is 5.97 Å². The van der Waals surface area contributed by atoms with Gasteiger partial charge in [0, 0.05) is 4.47 Å². The minimum Gasteiger partial charge on any atom is -0.497 e. The molecular weight excluding hydrogens is 446 g/mol. The summed E-state index contributed by atoms with van der Waals surface area (Å²) in [5.74, 6) is 0.892. The van der Waals surface area contributed by atoms with Crippen molar-refractivity contribution in [1.29, 1.82) is 5.26 Å². The molecule has 0 atom stereocenters. The molecule has 0 spiro atoms. The fraction of sp³-hybridized carbons (Fsp3) is 0.0833. The molecule has 6 heteroatoms. The Bertz CT molecular complexity index is 1130. The number of nitrogens with zero attached hydrogens (tertiary/aromatic N) is 1. The van der Waals surface area contributed by atoms with E-state index in [9.17, 15) is 10.1 Å². The molecule has 3 rings (SSSR count). The number of allylic oxidation sites excluding steroid dienone is 1. The number of esters is 1. The lowest BCUT2D eigenvalue weighted by atomic mass is 10.0. The minimum atomic E-state index is -0.500. The number of rotatable bonds is 6. The van der Waals surface area contributed by atoms with Crippen molar-refractivity contribution in [2.45, 2.75) is 0 Å². The normalized spacial score (nSPS) is 10.8. The van der Waals surface area contributed by atoms with Gasteiger partial charge in [-0.3, -0.25) is 0 Å². The average Bonchev–Trinajstić information content (AvgIpc) is 2.78. The third kappa shape index (κ3) is 4.88. The van der Waals surface area contributed by atoms with Crippen molar-refractivity contribution in [3.8, 4) is 23.3 Å². The molecule has 3 aromatic carbocycles. The molecule has 0 aliphatic rings. The molecule has 0 unspecified atom stereocenters. The van der Waals surface area contributed by atoms with Crippen molar-refractivity contribution in [2.24, 2.45) is 0 Å². The maximum atomic E-state index is 12.5. The number of halogens is 1. The first-order chi connectivity index (χ1) is 14.5. The minimum absolute atomic E-state index is 0.290. The van der Waals surface area contributed by atoms with Gasteiger partial charge in [-0.15, -0.1) is 0 Å². The highest BCUT2D eigenvalue weighted by Gasteiger charge is 2.15. The molecular formula is C24H18BrNO4. The zero-order valence-corrected chi connectivity index (χ0v) is 18.0. The van der Waals surface area contributed by atoms with Crippen LogP contribution in [0.2, 0.25) is 0 Å². The molecule has 0 saturated carbocycles. The van der Waals surface area contributed by atoms with Crippen LogP contribution in [0.25, 0.3) is 11.6 Å². The fourth-order valence-corrected chi connectivity index (χ4v) is 3.20. The zero-order chi connectivity index (χ0) is 21.5. The van der Waals surface area contributed by atoms with Gasteiger partial charge in [0.2, 0.25) is 0 Å². The standard InChI is InChI=1S/C24H18BrNO4/c1-28-19-10-8-17(9-11-19)18(15-26)13-16-7-12-22(23(14-16)29-2)30-24(27)20-5-3-4-6-21(20)25/h3-14H,1-2H3/b18-13-. The second kappa shape index (κ2) is 9.77. The first-order valence-electron chi connectivity index (χ1n) is 8.96. The Hall–Kier alpha value is -3.56. The van der Waals surface area contributed by atoms with E-state index >= 15 is 0 Å². The number of carbonyl (C=O) groups excluding carboxylic acids is 1. The molecule has 150 valence electrons. The number of nitriles is 1. The summed E-state index contributed by atoms with van der Waals surface area (Å²) in [6.45, 7) is 0. The molecule has 0 aliphatic heterocycles. The summed E-state index contributed by atoms with van der Waals surface area (Å²) in [6, 6.07) is 21.6. The fourth-order valence-electron chi connectivity index (χ4n) is 2.76. The second-order valence-electron chi connectivity index (χ2n) is 6.18. The summed E-state index contributed by atoms with van der Waals surface area (Å²) in [5, 5.41) is 9.56. The molecule has 0 amide bonds. The predicted molar refractivity (Wildman–Crippen MR) is 119 cm³/mol. The first kappa shape index (κ1) is 21.2. The van der Waals surface area contributed by atoms with Crippen LogP contribution in [0.4, 0.5) is 0 Å². The molecule has 0 aliphatic carbocycles. The highest BCUT2D eigenvalue weighted by Crippen LogP contribution is 2.31. The van der Waals surface area contributed by atoms with Crippen LogP contribution in [0.15, 0.2) is 71.2 Å². The molecule has 0 aromatic heterocycles. The van der Waals surface area contributed by atoms with Gasteiger partial charge >= 0.3 is 5.97 Å². The summed E-state index contributed by atoms with van der Waals surface area (Å²) >= 11 is 3.35. The van der Waals surface area contributed by atoms with E-state index in [0.717, 1.165) is 11.1 Å². The topological polar surface area (TPSA) is 68.5 Å². The number of hydrogen-bond acceptors (Lipinski definition) is 5. The van der Waals surface area contributed by atoms with Gasteiger partial charge in [-0.1, -0.05) is 18.2 Å². The van der Waals surface area contributed by atoms with Gasteiger partial charge in [0.05, 0.1) is 31.4 Å². The van der Waals surface area contributed by atoms with Crippen LogP contribution in [0.3, 0.4) is 0 Å². The third-order valence-electron chi connectivity index (χ3n) is 4.32. The van der Waals surface area contributed by atoms with Gasteiger partial charge in [0.1, 0.15) is 5.75 Å². The average molecular weight is 464 g/mol. The number of methoxy groups -OCH3 is 2. The van der Waals surface area contributed by atoms with Gasteiger partial charge in [-0.05, 0) is 81.7 Å². The molecule has 0 heterocycles. The quantitative estimate of drug-likeness (QED) is 0.201. The monoisotopic (exact) mass is 463 g/mol. The van der Waals surface area contributed by atoms with Crippen molar-refractivity contribution >= 4 is 33.5 Å². The van der Waals surface area contributed by atoms with Gasteiger partial charge in [0.25, 0.3) is 0 Å². The van der Waals surface area contributed by atoms with E-state index in [-0.39, 0.29) is 0 Å². The number of ether oxygens (including phenoxy) is 3. The third-order valence-corrected chi connectivity index (χ3v) is 5.01. The largest absolute Gasteiger partial charge is 0.497 e. The van der Waals surface area contributed by atoms with Crippen LogP contribution >= 0.6 is 15.9 Å². The smallest absolute Gasteiger partial charge is 0.344 e. The molecule has 0 radical (unpaired) electrons. The van der Waals surface area contributed by atoms with Crippen LogP contribution in [-0.2, 0) is 0 Å². The number of carbonyl (C=O) groups is 1. The number of benzene rings is 3. The Morgan fingerprint density at radius 3 is 2.33 bits per heavy atom. The van der Waals surface area contributed by atoms with Crippen LogP contribution in [-0.4, -0.2) is 20.2 Å². The van der Waals surface area contributed by atoms with Crippen LogP contribution in [0, 0.1) is 11.3 Å². The molecule has 0 saturated heterocycles. The van der Waals surface area contributed by atoms with Crippen molar-refractivity contribution in [3.63, 3.8) is 0 Å². The summed E-state index contributed by atoms with van der Waals surface area (Å²) in [7, 11) is 3.08. The van der Waals surface area contributed by atoms with Crippen LogP contribution in [0.1, 0.15) is 21.5 Å². The van der Waals surface area contributed by atoms with Crippen LogP contribution in [0.5, 0.6) is 17.2 Å². The van der Waals surface area contributed by atoms with Crippen LogP contribution < -0.4 is 14.2 Å². The van der Waals surface area contributed by atoms with Gasteiger partial charge in [-0.2, -0.15) is 5.26 Å². The van der Waals surface area contributed by atoms with Crippen molar-refractivity contribution in [2.75, 3.05) is 14.2 Å². The Balaban J connectivity index is 1.87. The highest BCUT2D eigenvalue weighted by molar-refractivity contribution is 9.10. The van der Waals surface area contributed by atoms with E-state index in [0.29, 0.717) is 32.9 Å². The van der Waals surface area contributed by atoms with E-state index in [1.54, 1.807) is 61.7 Å². The van der Waals surface area contributed by atoms with Gasteiger partial charge < -0.3 is 14.2 Å². The molecule has 0 N–H and O–H groups in total.